The van der Waals surface area contributed by atoms with Crippen molar-refractivity contribution in [2.75, 3.05) is 26.1 Å². The van der Waals surface area contributed by atoms with Crippen molar-refractivity contribution in [3.05, 3.63) is 53.6 Å². The smallest absolute Gasteiger partial charge is 0.338 e. The number of ether oxygens (including phenoxy) is 3. The van der Waals surface area contributed by atoms with Gasteiger partial charge in [-0.3, -0.25) is 4.79 Å². The van der Waals surface area contributed by atoms with Gasteiger partial charge in [0.25, 0.3) is 5.91 Å². The van der Waals surface area contributed by atoms with Gasteiger partial charge in [0.15, 0.2) is 11.5 Å². The lowest BCUT2D eigenvalue weighted by Crippen LogP contribution is -2.14. The molecule has 0 heterocycles. The molecule has 0 radical (unpaired) electrons. The van der Waals surface area contributed by atoms with E-state index in [-0.39, 0.29) is 11.9 Å². The summed E-state index contributed by atoms with van der Waals surface area (Å²) in [5, 5.41) is 2.78. The third kappa shape index (κ3) is 4.75. The lowest BCUT2D eigenvalue weighted by atomic mass is 10.1. The van der Waals surface area contributed by atoms with Gasteiger partial charge < -0.3 is 19.5 Å². The van der Waals surface area contributed by atoms with Gasteiger partial charge in [-0.15, -0.1) is 0 Å². The topological polar surface area (TPSA) is 73.9 Å². The zero-order chi connectivity index (χ0) is 18.9. The number of anilines is 1. The van der Waals surface area contributed by atoms with Crippen molar-refractivity contribution in [2.24, 2.45) is 0 Å². The summed E-state index contributed by atoms with van der Waals surface area (Å²) in [6.07, 6.45) is 1.80. The first-order valence-electron chi connectivity index (χ1n) is 8.40. The van der Waals surface area contributed by atoms with Gasteiger partial charge in [0.2, 0.25) is 0 Å². The molecular formula is C20H23NO5. The van der Waals surface area contributed by atoms with E-state index in [1.54, 1.807) is 42.5 Å². The molecule has 0 aromatic heterocycles. The molecule has 0 fully saturated rings. The van der Waals surface area contributed by atoms with Crippen molar-refractivity contribution in [1.82, 2.24) is 0 Å². The highest BCUT2D eigenvalue weighted by Gasteiger charge is 2.16. The van der Waals surface area contributed by atoms with Gasteiger partial charge in [0, 0.05) is 5.69 Å². The quantitative estimate of drug-likeness (QED) is 0.573. The lowest BCUT2D eigenvalue weighted by molar-refractivity contribution is 0.0499. The van der Waals surface area contributed by atoms with E-state index in [0.717, 1.165) is 12.8 Å². The number of rotatable bonds is 8. The van der Waals surface area contributed by atoms with Gasteiger partial charge in [-0.25, -0.2) is 4.79 Å². The molecule has 2 aromatic rings. The minimum Gasteiger partial charge on any atom is -0.493 e. The Balaban J connectivity index is 2.07. The van der Waals surface area contributed by atoms with Gasteiger partial charge in [0.1, 0.15) is 0 Å². The summed E-state index contributed by atoms with van der Waals surface area (Å²) in [5.74, 6) is 0.138. The fourth-order valence-electron chi connectivity index (χ4n) is 2.35. The molecule has 0 bridgehead atoms. The summed E-state index contributed by atoms with van der Waals surface area (Å²) in [4.78, 5) is 24.4. The van der Waals surface area contributed by atoms with Crippen LogP contribution in [-0.2, 0) is 4.74 Å². The zero-order valence-corrected chi connectivity index (χ0v) is 15.2. The number of esters is 1. The molecule has 0 aliphatic rings. The van der Waals surface area contributed by atoms with E-state index in [4.69, 9.17) is 14.2 Å². The maximum Gasteiger partial charge on any atom is 0.338 e. The van der Waals surface area contributed by atoms with E-state index < -0.39 is 0 Å². The van der Waals surface area contributed by atoms with Crippen LogP contribution in [0.25, 0.3) is 0 Å². The predicted octanol–water partition coefficient (Wildman–Crippen LogP) is 3.91. The number of hydrogen-bond acceptors (Lipinski definition) is 5. The van der Waals surface area contributed by atoms with Crippen LogP contribution in [0.1, 0.15) is 40.5 Å². The fourth-order valence-corrected chi connectivity index (χ4v) is 2.35. The molecule has 138 valence electrons. The van der Waals surface area contributed by atoms with E-state index in [9.17, 15) is 9.59 Å². The SMILES string of the molecule is CCCCOC(=O)c1ccc(NC(=O)c2cccc(OC)c2OC)cc1. The van der Waals surface area contributed by atoms with Crippen LogP contribution in [0.3, 0.4) is 0 Å². The molecule has 0 aliphatic heterocycles. The standard InChI is InChI=1S/C20H23NO5/c1-4-5-13-26-20(23)14-9-11-15(12-10-14)21-19(22)16-7-6-8-17(24-2)18(16)25-3/h6-12H,4-5,13H2,1-3H3,(H,21,22). The van der Waals surface area contributed by atoms with Gasteiger partial charge in [0.05, 0.1) is 32.0 Å². The molecular weight excluding hydrogens is 334 g/mol. The molecule has 1 amide bonds. The second-order valence-electron chi connectivity index (χ2n) is 5.56. The molecule has 1 N–H and O–H groups in total. The van der Waals surface area contributed by atoms with Gasteiger partial charge in [-0.1, -0.05) is 19.4 Å². The minimum absolute atomic E-state index is 0.334. The van der Waals surface area contributed by atoms with Crippen LogP contribution in [0.5, 0.6) is 11.5 Å². The zero-order valence-electron chi connectivity index (χ0n) is 15.2. The Kier molecular flexibility index (Phi) is 7.02. The number of amides is 1. The average molecular weight is 357 g/mol. The summed E-state index contributed by atoms with van der Waals surface area (Å²) >= 11 is 0. The fraction of sp³-hybridized carbons (Fsp3) is 0.300. The van der Waals surface area contributed by atoms with Crippen LogP contribution < -0.4 is 14.8 Å². The van der Waals surface area contributed by atoms with Crippen LogP contribution in [-0.4, -0.2) is 32.7 Å². The Labute approximate surface area is 153 Å². The van der Waals surface area contributed by atoms with Crippen LogP contribution >= 0.6 is 0 Å². The maximum absolute atomic E-state index is 12.5. The van der Waals surface area contributed by atoms with Crippen molar-refractivity contribution in [2.45, 2.75) is 19.8 Å². The van der Waals surface area contributed by atoms with Crippen LogP contribution in [0.15, 0.2) is 42.5 Å². The maximum atomic E-state index is 12.5. The Bertz CT molecular complexity index is 755. The number of benzene rings is 2. The van der Waals surface area contributed by atoms with Gasteiger partial charge in [-0.05, 0) is 42.8 Å². The highest BCUT2D eigenvalue weighted by molar-refractivity contribution is 6.06. The predicted molar refractivity (Wildman–Crippen MR) is 99.1 cm³/mol. The molecule has 0 spiro atoms. The summed E-state index contributed by atoms with van der Waals surface area (Å²) in [6, 6.07) is 11.6. The van der Waals surface area contributed by atoms with Crippen LogP contribution in [0, 0.1) is 0 Å². The van der Waals surface area contributed by atoms with E-state index in [0.29, 0.717) is 34.9 Å². The third-order valence-corrected chi connectivity index (χ3v) is 3.76. The lowest BCUT2D eigenvalue weighted by Gasteiger charge is -2.12. The van der Waals surface area contributed by atoms with Crippen LogP contribution in [0.4, 0.5) is 5.69 Å². The van der Waals surface area contributed by atoms with E-state index in [2.05, 4.69) is 5.32 Å². The largest absolute Gasteiger partial charge is 0.493 e. The number of para-hydroxylation sites is 1. The third-order valence-electron chi connectivity index (χ3n) is 3.76. The summed E-state index contributed by atoms with van der Waals surface area (Å²) in [5.41, 5.74) is 1.36. The number of carbonyl (C=O) groups is 2. The summed E-state index contributed by atoms with van der Waals surface area (Å²) in [6.45, 7) is 2.44. The highest BCUT2D eigenvalue weighted by Crippen LogP contribution is 2.31. The van der Waals surface area contributed by atoms with E-state index in [1.807, 2.05) is 6.92 Å². The number of carbonyl (C=O) groups excluding carboxylic acids is 2. The summed E-state index contributed by atoms with van der Waals surface area (Å²) < 4.78 is 15.6. The molecule has 6 heteroatoms. The van der Waals surface area contributed by atoms with Crippen molar-refractivity contribution >= 4 is 17.6 Å². The van der Waals surface area contributed by atoms with Crippen molar-refractivity contribution in [1.29, 1.82) is 0 Å². The van der Waals surface area contributed by atoms with Crippen LogP contribution in [0.2, 0.25) is 0 Å². The average Bonchev–Trinajstić information content (AvgIpc) is 2.67. The summed E-state index contributed by atoms with van der Waals surface area (Å²) in [7, 11) is 2.99. The number of hydrogen-bond donors (Lipinski definition) is 1. The Morgan fingerprint density at radius 1 is 1.00 bits per heavy atom. The monoisotopic (exact) mass is 357 g/mol. The van der Waals surface area contributed by atoms with Gasteiger partial charge >= 0.3 is 5.97 Å². The molecule has 0 saturated heterocycles. The number of unbranched alkanes of at least 4 members (excludes halogenated alkanes) is 1. The second-order valence-corrected chi connectivity index (χ2v) is 5.56. The molecule has 2 rings (SSSR count). The Hall–Kier alpha value is -3.02. The number of nitrogens with one attached hydrogen (secondary N) is 1. The molecule has 6 nitrogen and oxygen atoms in total. The highest BCUT2D eigenvalue weighted by atomic mass is 16.5. The molecule has 0 atom stereocenters. The first-order chi connectivity index (χ1) is 12.6. The molecule has 26 heavy (non-hydrogen) atoms. The molecule has 0 aliphatic carbocycles. The Morgan fingerprint density at radius 3 is 2.35 bits per heavy atom. The Morgan fingerprint density at radius 2 is 1.73 bits per heavy atom. The van der Waals surface area contributed by atoms with Gasteiger partial charge in [-0.2, -0.15) is 0 Å². The minimum atomic E-state index is -0.370. The van der Waals surface area contributed by atoms with Crippen molar-refractivity contribution in [3.8, 4) is 11.5 Å². The molecule has 0 saturated carbocycles. The van der Waals surface area contributed by atoms with E-state index >= 15 is 0 Å². The second kappa shape index (κ2) is 9.46. The van der Waals surface area contributed by atoms with Crippen molar-refractivity contribution < 1.29 is 23.8 Å². The first-order valence-corrected chi connectivity index (χ1v) is 8.40. The van der Waals surface area contributed by atoms with E-state index in [1.165, 1.54) is 14.2 Å². The number of methoxy groups -OCH3 is 2. The molecule has 0 unspecified atom stereocenters. The molecule has 2 aromatic carbocycles. The van der Waals surface area contributed by atoms with Crippen molar-refractivity contribution in [3.63, 3.8) is 0 Å². The normalized spacial score (nSPS) is 10.1. The first kappa shape index (κ1) is 19.3.